The van der Waals surface area contributed by atoms with Crippen molar-refractivity contribution in [3.8, 4) is 0 Å². The number of aromatic nitrogens is 4. The van der Waals surface area contributed by atoms with Gasteiger partial charge in [-0.1, -0.05) is 0 Å². The fraction of sp³-hybridized carbons (Fsp3) is 0.417. The molecule has 2 atom stereocenters. The van der Waals surface area contributed by atoms with E-state index in [0.29, 0.717) is 12.1 Å². The highest BCUT2D eigenvalue weighted by Crippen LogP contribution is 2.00. The molecule has 0 fully saturated rings. The molecule has 0 saturated carbocycles. The van der Waals surface area contributed by atoms with E-state index in [1.165, 1.54) is 6.33 Å². The van der Waals surface area contributed by atoms with Gasteiger partial charge in [0.15, 0.2) is 0 Å². The zero-order valence-corrected chi connectivity index (χ0v) is 11.3. The standard InChI is InChI=1S/C12H18N6O3/c19-5-10(1-8-3-13-6-15-8)17-18-11(12(20)21)2-9-4-14-7-16-9/h3-4,6-7,10-11,17-19H,1-2,5H2,(H,13,15)(H,14,16)(H,20,21)/t10-,11-/m0/s1/i2+1,4+1,7+1,9+1,11+1,12+1. The quantitative estimate of drug-likeness (QED) is 0.253. The first-order chi connectivity index (χ1) is 10.2. The maximum absolute atomic E-state index is 11.2. The summed E-state index contributed by atoms with van der Waals surface area (Å²) in [5, 5.41) is 18.5. The average molecular weight is 300 g/mol. The van der Waals surface area contributed by atoms with Gasteiger partial charge >= 0.3 is 5.97 Å². The Hall–Kier alpha value is -2.23. The molecular formula is C12H18N6O3. The number of rotatable bonds is 9. The molecule has 6 N–H and O–H groups in total. The van der Waals surface area contributed by atoms with E-state index in [0.717, 1.165) is 5.69 Å². The first-order valence-electron chi connectivity index (χ1n) is 6.48. The molecular weight excluding hydrogens is 282 g/mol. The molecule has 0 saturated heterocycles. The van der Waals surface area contributed by atoms with Gasteiger partial charge in [0.1, 0.15) is 6.04 Å². The molecule has 0 aliphatic carbocycles. The second-order valence-corrected chi connectivity index (χ2v) is 4.62. The summed E-state index contributed by atoms with van der Waals surface area (Å²) in [7, 11) is 0. The molecule has 0 radical (unpaired) electrons. The Labute approximate surface area is 120 Å². The van der Waals surface area contributed by atoms with E-state index in [2.05, 4.69) is 30.8 Å². The summed E-state index contributed by atoms with van der Waals surface area (Å²) in [5.74, 6) is -0.990. The van der Waals surface area contributed by atoms with Gasteiger partial charge in [-0.3, -0.25) is 10.2 Å². The number of nitrogens with zero attached hydrogens (tertiary/aromatic N) is 2. The highest BCUT2D eigenvalue weighted by molar-refractivity contribution is 5.73. The van der Waals surface area contributed by atoms with Crippen LogP contribution in [-0.2, 0) is 17.6 Å². The summed E-state index contributed by atoms with van der Waals surface area (Å²) in [6.45, 7) is -0.136. The number of aromatic amines is 2. The van der Waals surface area contributed by atoms with Crippen molar-refractivity contribution in [1.82, 2.24) is 30.8 Å². The minimum absolute atomic E-state index is 0.136. The molecule has 0 aliphatic rings. The predicted octanol–water partition coefficient (Wildman–Crippen LogP) is -1.17. The minimum Gasteiger partial charge on any atom is -0.480 e. The number of carbonyl (C=O) groups is 1. The van der Waals surface area contributed by atoms with Gasteiger partial charge in [-0.05, 0) is 0 Å². The molecule has 0 bridgehead atoms. The maximum atomic E-state index is 11.2. The summed E-state index contributed by atoms with van der Waals surface area (Å²) in [6.07, 6.45) is 7.03. The third-order valence-corrected chi connectivity index (χ3v) is 2.98. The van der Waals surface area contributed by atoms with Crippen LogP contribution in [0.15, 0.2) is 25.0 Å². The Morgan fingerprint density at radius 3 is 2.24 bits per heavy atom. The van der Waals surface area contributed by atoms with Crippen LogP contribution in [0, 0.1) is 0 Å². The summed E-state index contributed by atoms with van der Waals surface area (Å²) in [5.41, 5.74) is 7.13. The van der Waals surface area contributed by atoms with Crippen LogP contribution in [0.1, 0.15) is 11.4 Å². The van der Waals surface area contributed by atoms with Gasteiger partial charge in [0.05, 0.1) is 19.3 Å². The summed E-state index contributed by atoms with van der Waals surface area (Å²) >= 11 is 0. The first kappa shape index (κ1) is 15.2. The molecule has 0 aliphatic heterocycles. The van der Waals surface area contributed by atoms with E-state index in [9.17, 15) is 15.0 Å². The number of aliphatic hydroxyl groups excluding tert-OH is 1. The van der Waals surface area contributed by atoms with Crippen molar-refractivity contribution in [3.63, 3.8) is 0 Å². The van der Waals surface area contributed by atoms with Crippen molar-refractivity contribution >= 4 is 5.97 Å². The van der Waals surface area contributed by atoms with Crippen LogP contribution in [0.25, 0.3) is 0 Å². The van der Waals surface area contributed by atoms with Crippen molar-refractivity contribution in [2.45, 2.75) is 24.9 Å². The normalized spacial score (nSPS) is 14.0. The third-order valence-electron chi connectivity index (χ3n) is 2.98. The van der Waals surface area contributed by atoms with Crippen molar-refractivity contribution < 1.29 is 15.0 Å². The molecule has 0 spiro atoms. The molecule has 9 nitrogen and oxygen atoms in total. The first-order valence-corrected chi connectivity index (χ1v) is 6.48. The van der Waals surface area contributed by atoms with Crippen molar-refractivity contribution in [2.75, 3.05) is 6.61 Å². The monoisotopic (exact) mass is 300 g/mol. The van der Waals surface area contributed by atoms with Crippen LogP contribution >= 0.6 is 0 Å². The lowest BCUT2D eigenvalue weighted by atomic mass is 10.2. The summed E-state index contributed by atoms with van der Waals surface area (Å²) < 4.78 is 0. The van der Waals surface area contributed by atoms with Gasteiger partial charge in [0.2, 0.25) is 0 Å². The van der Waals surface area contributed by atoms with Crippen molar-refractivity contribution in [1.29, 1.82) is 0 Å². The number of H-pyrrole nitrogens is 2. The number of hydrogen-bond acceptors (Lipinski definition) is 6. The van der Waals surface area contributed by atoms with Crippen LogP contribution in [0.2, 0.25) is 0 Å². The molecule has 2 aromatic rings. The molecule has 21 heavy (non-hydrogen) atoms. The Kier molecular flexibility index (Phi) is 5.43. The van der Waals surface area contributed by atoms with E-state index < -0.39 is 12.0 Å². The zero-order chi connectivity index (χ0) is 15.1. The van der Waals surface area contributed by atoms with Crippen LogP contribution in [0.5, 0.6) is 0 Å². The van der Waals surface area contributed by atoms with Gasteiger partial charge in [-0.2, -0.15) is 0 Å². The summed E-state index contributed by atoms with van der Waals surface area (Å²) in [6, 6.07) is -1.16. The Balaban J connectivity index is 1.86. The van der Waals surface area contributed by atoms with Crippen molar-refractivity contribution in [3.05, 3.63) is 36.4 Å². The fourth-order valence-corrected chi connectivity index (χ4v) is 1.86. The molecule has 2 heterocycles. The smallest absolute Gasteiger partial charge is 0.322 e. The Morgan fingerprint density at radius 1 is 1.14 bits per heavy atom. The lowest BCUT2D eigenvalue weighted by molar-refractivity contribution is -0.139. The highest BCUT2D eigenvalue weighted by Gasteiger charge is 2.20. The number of nitrogens with one attached hydrogen (secondary N) is 4. The second-order valence-electron chi connectivity index (χ2n) is 4.62. The Bertz CT molecular complexity index is 527. The van der Waals surface area contributed by atoms with E-state index >= 15 is 0 Å². The Morgan fingerprint density at radius 2 is 1.76 bits per heavy atom. The molecule has 9 heteroatoms. The molecule has 0 amide bonds. The lowest BCUT2D eigenvalue weighted by Crippen LogP contribution is -2.52. The largest absolute Gasteiger partial charge is 0.480 e. The van der Waals surface area contributed by atoms with Crippen LogP contribution in [0.4, 0.5) is 0 Å². The second kappa shape index (κ2) is 7.53. The topological polar surface area (TPSA) is 139 Å². The lowest BCUT2D eigenvalue weighted by Gasteiger charge is -2.20. The number of carboxylic acids is 1. The van der Waals surface area contributed by atoms with E-state index in [1.54, 1.807) is 18.7 Å². The SMILES string of the molecule is O=[13C](O)[13C@H]([13CH2][13c]1[13cH]n[13cH][nH]1)NN[C@H](CO)Cc1cnc[nH]1. The average Bonchev–Trinajstić information content (AvgIpc) is 3.14. The molecule has 0 aromatic carbocycles. The van der Waals surface area contributed by atoms with E-state index in [-0.39, 0.29) is 19.1 Å². The van der Waals surface area contributed by atoms with Crippen LogP contribution < -0.4 is 10.9 Å². The number of hydrazine groups is 1. The fourth-order valence-electron chi connectivity index (χ4n) is 1.86. The molecule has 2 rings (SSSR count). The number of imidazole rings is 2. The van der Waals surface area contributed by atoms with Gasteiger partial charge in [0.25, 0.3) is 0 Å². The van der Waals surface area contributed by atoms with Gasteiger partial charge in [-0.25, -0.2) is 15.4 Å². The van der Waals surface area contributed by atoms with Crippen LogP contribution in [-0.4, -0.2) is 54.8 Å². The number of aliphatic hydroxyl groups is 1. The third kappa shape index (κ3) is 4.67. The maximum Gasteiger partial charge on any atom is 0.322 e. The van der Waals surface area contributed by atoms with Gasteiger partial charge in [-0.15, -0.1) is 0 Å². The summed E-state index contributed by atoms with van der Waals surface area (Å²) in [4.78, 5) is 24.8. The molecule has 2 aromatic heterocycles. The van der Waals surface area contributed by atoms with Crippen molar-refractivity contribution in [2.24, 2.45) is 0 Å². The van der Waals surface area contributed by atoms with Gasteiger partial charge < -0.3 is 20.2 Å². The molecule has 114 valence electrons. The minimum atomic E-state index is -0.990. The number of carboxylic acid groups (broad SMARTS) is 1. The van der Waals surface area contributed by atoms with Gasteiger partial charge in [0, 0.05) is 42.7 Å². The van der Waals surface area contributed by atoms with E-state index in [1.807, 2.05) is 0 Å². The highest BCUT2D eigenvalue weighted by atomic mass is 16.5. The van der Waals surface area contributed by atoms with E-state index in [4.69, 9.17) is 0 Å². The number of hydrogen-bond donors (Lipinski definition) is 6. The zero-order valence-electron chi connectivity index (χ0n) is 11.3. The molecule has 0 unspecified atom stereocenters. The number of aliphatic carboxylic acids is 1. The van der Waals surface area contributed by atoms with Crippen LogP contribution in [0.3, 0.4) is 0 Å². The predicted molar refractivity (Wildman–Crippen MR) is 73.2 cm³/mol.